The molecule has 0 N–H and O–H groups in total. The van der Waals surface area contributed by atoms with E-state index in [-0.39, 0.29) is 11.8 Å². The summed E-state index contributed by atoms with van der Waals surface area (Å²) in [4.78, 5) is 14.7. The van der Waals surface area contributed by atoms with Crippen LogP contribution in [0.5, 0.6) is 0 Å². The largest absolute Gasteiger partial charge is 0.361 e. The second kappa shape index (κ2) is 6.14. The van der Waals surface area contributed by atoms with Gasteiger partial charge in [0.1, 0.15) is 11.3 Å². The standard InChI is InChI=1S/C19H22N6O2/c1-11-17(12(2)27-23-11)19(26)24-8-6-13(7-9-24)18-21-20-16-10-14-4-3-5-15(14)22-25(16)18/h10,13H,3-9H2,1-2H3. The third-order valence-electron chi connectivity index (χ3n) is 5.84. The zero-order valence-electron chi connectivity index (χ0n) is 15.6. The first kappa shape index (κ1) is 16.4. The van der Waals surface area contributed by atoms with Crippen LogP contribution >= 0.6 is 0 Å². The molecule has 1 amide bonds. The average Bonchev–Trinajstić information content (AvgIpc) is 3.38. The number of hydrogen-bond donors (Lipinski definition) is 0. The molecule has 0 spiro atoms. The van der Waals surface area contributed by atoms with Crippen molar-refractivity contribution in [3.63, 3.8) is 0 Å². The third kappa shape index (κ3) is 2.62. The Balaban J connectivity index is 1.35. The molecule has 2 aliphatic rings. The maximum Gasteiger partial charge on any atom is 0.259 e. The summed E-state index contributed by atoms with van der Waals surface area (Å²) in [5.74, 6) is 1.78. The van der Waals surface area contributed by atoms with Gasteiger partial charge in [-0.15, -0.1) is 10.2 Å². The fourth-order valence-electron chi connectivity index (χ4n) is 4.34. The van der Waals surface area contributed by atoms with E-state index in [0.717, 1.165) is 37.2 Å². The van der Waals surface area contributed by atoms with E-state index in [9.17, 15) is 4.79 Å². The monoisotopic (exact) mass is 366 g/mol. The Bertz CT molecular complexity index is 1010. The van der Waals surface area contributed by atoms with Gasteiger partial charge in [-0.05, 0) is 57.6 Å². The van der Waals surface area contributed by atoms with Gasteiger partial charge in [0.05, 0.1) is 11.4 Å². The smallest absolute Gasteiger partial charge is 0.259 e. The molecule has 8 nitrogen and oxygen atoms in total. The number of hydrogen-bond acceptors (Lipinski definition) is 6. The van der Waals surface area contributed by atoms with Crippen molar-refractivity contribution in [3.05, 3.63) is 40.2 Å². The lowest BCUT2D eigenvalue weighted by Gasteiger charge is -2.31. The van der Waals surface area contributed by atoms with E-state index >= 15 is 0 Å². The van der Waals surface area contributed by atoms with Crippen LogP contribution in [0.2, 0.25) is 0 Å². The van der Waals surface area contributed by atoms with Crippen LogP contribution in [0, 0.1) is 13.8 Å². The molecule has 0 bridgehead atoms. The molecule has 1 fully saturated rings. The molecule has 1 aliphatic carbocycles. The number of fused-ring (bicyclic) bond motifs is 2. The maximum absolute atomic E-state index is 12.8. The molecule has 3 aromatic heterocycles. The summed E-state index contributed by atoms with van der Waals surface area (Å²) in [6, 6.07) is 2.13. The van der Waals surface area contributed by atoms with Crippen LogP contribution < -0.4 is 0 Å². The SMILES string of the molecule is Cc1noc(C)c1C(=O)N1CCC(c2nnc3cc4c(nn23)CCC4)CC1. The Hall–Kier alpha value is -2.77. The number of carbonyl (C=O) groups is 1. The van der Waals surface area contributed by atoms with E-state index in [1.165, 1.54) is 17.7 Å². The van der Waals surface area contributed by atoms with Crippen LogP contribution in [0.3, 0.4) is 0 Å². The molecule has 3 aromatic rings. The van der Waals surface area contributed by atoms with Crippen molar-refractivity contribution < 1.29 is 9.32 Å². The van der Waals surface area contributed by atoms with E-state index in [1.807, 2.05) is 16.3 Å². The normalized spacial score (nSPS) is 17.6. The number of nitrogens with zero attached hydrogens (tertiary/aromatic N) is 6. The zero-order chi connectivity index (χ0) is 18.5. The van der Waals surface area contributed by atoms with Gasteiger partial charge in [0.15, 0.2) is 11.5 Å². The summed E-state index contributed by atoms with van der Waals surface area (Å²) in [6.07, 6.45) is 5.00. The van der Waals surface area contributed by atoms with Gasteiger partial charge in [0, 0.05) is 19.0 Å². The van der Waals surface area contributed by atoms with Crippen molar-refractivity contribution in [2.24, 2.45) is 0 Å². The lowest BCUT2D eigenvalue weighted by molar-refractivity contribution is 0.0708. The van der Waals surface area contributed by atoms with Crippen LogP contribution in [-0.4, -0.2) is 48.9 Å². The van der Waals surface area contributed by atoms with Crippen molar-refractivity contribution in [2.75, 3.05) is 13.1 Å². The Morgan fingerprint density at radius 2 is 2.00 bits per heavy atom. The first-order chi connectivity index (χ1) is 13.1. The van der Waals surface area contributed by atoms with Crippen LogP contribution in [0.25, 0.3) is 5.65 Å². The van der Waals surface area contributed by atoms with Crippen molar-refractivity contribution in [2.45, 2.75) is 51.9 Å². The van der Waals surface area contributed by atoms with Gasteiger partial charge < -0.3 is 9.42 Å². The van der Waals surface area contributed by atoms with Gasteiger partial charge in [0.25, 0.3) is 5.91 Å². The second-order valence-corrected chi connectivity index (χ2v) is 7.56. The van der Waals surface area contributed by atoms with Crippen molar-refractivity contribution in [3.8, 4) is 0 Å². The molecule has 0 radical (unpaired) electrons. The Labute approximate surface area is 156 Å². The fourth-order valence-corrected chi connectivity index (χ4v) is 4.34. The molecule has 5 rings (SSSR count). The molecular weight excluding hydrogens is 344 g/mol. The van der Waals surface area contributed by atoms with Gasteiger partial charge in [-0.25, -0.2) is 0 Å². The number of aryl methyl sites for hydroxylation is 4. The molecule has 4 heterocycles. The highest BCUT2D eigenvalue weighted by atomic mass is 16.5. The number of piperidine rings is 1. The molecule has 140 valence electrons. The van der Waals surface area contributed by atoms with Gasteiger partial charge in [-0.3, -0.25) is 4.79 Å². The highest BCUT2D eigenvalue weighted by Crippen LogP contribution is 2.29. The lowest BCUT2D eigenvalue weighted by Crippen LogP contribution is -2.38. The maximum atomic E-state index is 12.8. The Morgan fingerprint density at radius 3 is 2.74 bits per heavy atom. The first-order valence-electron chi connectivity index (χ1n) is 9.58. The topological polar surface area (TPSA) is 89.4 Å². The number of aromatic nitrogens is 5. The lowest BCUT2D eigenvalue weighted by atomic mass is 9.95. The quantitative estimate of drug-likeness (QED) is 0.691. The summed E-state index contributed by atoms with van der Waals surface area (Å²) in [6.45, 7) is 4.97. The van der Waals surface area contributed by atoms with Crippen LogP contribution in [0.1, 0.15) is 64.1 Å². The summed E-state index contributed by atoms with van der Waals surface area (Å²) in [7, 11) is 0. The molecule has 0 saturated carbocycles. The number of likely N-dealkylation sites (tertiary alicyclic amines) is 1. The molecule has 0 aromatic carbocycles. The molecule has 0 atom stereocenters. The minimum absolute atomic E-state index is 0.00625. The Kier molecular flexibility index (Phi) is 3.73. The first-order valence-corrected chi connectivity index (χ1v) is 9.58. The molecule has 0 unspecified atom stereocenters. The second-order valence-electron chi connectivity index (χ2n) is 7.56. The minimum Gasteiger partial charge on any atom is -0.361 e. The summed E-state index contributed by atoms with van der Waals surface area (Å²) >= 11 is 0. The summed E-state index contributed by atoms with van der Waals surface area (Å²) in [5, 5.41) is 17.5. The predicted molar refractivity (Wildman–Crippen MR) is 96.7 cm³/mol. The van der Waals surface area contributed by atoms with Crippen molar-refractivity contribution >= 4 is 11.6 Å². The summed E-state index contributed by atoms with van der Waals surface area (Å²) in [5.41, 5.74) is 4.57. The number of rotatable bonds is 2. The van der Waals surface area contributed by atoms with E-state index in [0.29, 0.717) is 30.1 Å². The zero-order valence-corrected chi connectivity index (χ0v) is 15.6. The molecule has 27 heavy (non-hydrogen) atoms. The predicted octanol–water partition coefficient (Wildman–Crippen LogP) is 2.24. The average molecular weight is 366 g/mol. The van der Waals surface area contributed by atoms with Crippen molar-refractivity contribution in [1.29, 1.82) is 0 Å². The van der Waals surface area contributed by atoms with Crippen LogP contribution in [0.15, 0.2) is 10.6 Å². The van der Waals surface area contributed by atoms with Crippen LogP contribution in [0.4, 0.5) is 0 Å². The van der Waals surface area contributed by atoms with Gasteiger partial charge in [-0.1, -0.05) is 5.16 Å². The third-order valence-corrected chi connectivity index (χ3v) is 5.84. The van der Waals surface area contributed by atoms with E-state index in [2.05, 4.69) is 21.4 Å². The number of carbonyl (C=O) groups excluding carboxylic acids is 1. The molecule has 1 saturated heterocycles. The summed E-state index contributed by atoms with van der Waals surface area (Å²) < 4.78 is 7.06. The highest BCUT2D eigenvalue weighted by molar-refractivity contribution is 5.96. The van der Waals surface area contributed by atoms with E-state index in [1.54, 1.807) is 6.92 Å². The number of amides is 1. The van der Waals surface area contributed by atoms with E-state index < -0.39 is 0 Å². The highest BCUT2D eigenvalue weighted by Gasteiger charge is 2.30. The minimum atomic E-state index is 0.00625. The van der Waals surface area contributed by atoms with Gasteiger partial charge >= 0.3 is 0 Å². The Morgan fingerprint density at radius 1 is 1.19 bits per heavy atom. The van der Waals surface area contributed by atoms with Crippen LogP contribution in [-0.2, 0) is 12.8 Å². The van der Waals surface area contributed by atoms with Gasteiger partial charge in [-0.2, -0.15) is 9.61 Å². The molecule has 8 heteroatoms. The van der Waals surface area contributed by atoms with E-state index in [4.69, 9.17) is 9.62 Å². The van der Waals surface area contributed by atoms with Gasteiger partial charge in [0.2, 0.25) is 0 Å². The fraction of sp³-hybridized carbons (Fsp3) is 0.526. The van der Waals surface area contributed by atoms with Crippen molar-refractivity contribution in [1.82, 2.24) is 29.9 Å². The molecular formula is C19H22N6O2. The molecule has 1 aliphatic heterocycles.